The van der Waals surface area contributed by atoms with E-state index in [2.05, 4.69) is 68.6 Å². The minimum Gasteiger partial charge on any atom is -0.387 e. The largest absolute Gasteiger partial charge is 0.387 e. The fourth-order valence-corrected chi connectivity index (χ4v) is 3.36. The molecule has 25 heavy (non-hydrogen) atoms. The first-order valence-corrected chi connectivity index (χ1v) is 8.90. The topological polar surface area (TPSA) is 67.3 Å². The van der Waals surface area contributed by atoms with Gasteiger partial charge in [-0.3, -0.25) is 4.90 Å². The van der Waals surface area contributed by atoms with E-state index in [0.717, 1.165) is 45.8 Å². The first-order chi connectivity index (χ1) is 12.2. The summed E-state index contributed by atoms with van der Waals surface area (Å²) in [4.78, 5) is 7.67. The summed E-state index contributed by atoms with van der Waals surface area (Å²) in [6.07, 6.45) is 4.31. The van der Waals surface area contributed by atoms with Crippen LogP contribution in [0.25, 0.3) is 16.0 Å². The van der Waals surface area contributed by atoms with E-state index in [1.54, 1.807) is 0 Å². The zero-order valence-electron chi connectivity index (χ0n) is 14.9. The predicted octanol–water partition coefficient (Wildman–Crippen LogP) is 3.00. The third-order valence-electron chi connectivity index (χ3n) is 4.80. The monoisotopic (exact) mass is 338 g/mol. The van der Waals surface area contributed by atoms with Gasteiger partial charge in [0.05, 0.1) is 0 Å². The van der Waals surface area contributed by atoms with Gasteiger partial charge in [-0.15, -0.1) is 0 Å². The van der Waals surface area contributed by atoms with Crippen molar-refractivity contribution in [3.05, 3.63) is 63.7 Å². The summed E-state index contributed by atoms with van der Waals surface area (Å²) < 4.78 is 0. The fourth-order valence-electron chi connectivity index (χ4n) is 3.36. The first-order valence-electron chi connectivity index (χ1n) is 8.90. The molecule has 2 heterocycles. The van der Waals surface area contributed by atoms with Gasteiger partial charge in [0.25, 0.3) is 0 Å². The molecule has 0 saturated carbocycles. The van der Waals surface area contributed by atoms with Crippen LogP contribution >= 0.6 is 0 Å². The number of piperazine rings is 1. The van der Waals surface area contributed by atoms with Crippen LogP contribution in [0.15, 0.2) is 47.2 Å². The molecule has 1 N–H and O–H groups in total. The Balaban J connectivity index is 1.49. The van der Waals surface area contributed by atoms with Gasteiger partial charge < -0.3 is 10.2 Å². The second-order valence-corrected chi connectivity index (χ2v) is 6.71. The lowest BCUT2D eigenvalue weighted by molar-refractivity contribution is 0.130. The molecule has 0 aliphatic carbocycles. The van der Waals surface area contributed by atoms with E-state index in [-0.39, 0.29) is 0 Å². The maximum absolute atomic E-state index is 8.34. The maximum atomic E-state index is 8.34. The average Bonchev–Trinajstić information content (AvgIpc) is 2.64. The van der Waals surface area contributed by atoms with Crippen molar-refractivity contribution in [3.8, 4) is 0 Å². The number of allylic oxidation sites excluding steroid dienone is 2. The summed E-state index contributed by atoms with van der Waals surface area (Å²) in [5.74, 6) is 0. The molecule has 132 valence electrons. The van der Waals surface area contributed by atoms with Crippen molar-refractivity contribution in [1.82, 2.24) is 15.1 Å². The molecule has 2 aliphatic heterocycles. The Hall–Kier alpha value is -2.27. The molecule has 0 radical (unpaired) electrons. The van der Waals surface area contributed by atoms with Gasteiger partial charge in [-0.2, -0.15) is 0 Å². The van der Waals surface area contributed by atoms with Gasteiger partial charge in [0, 0.05) is 57.3 Å². The minimum absolute atomic E-state index is 0.567. The lowest BCUT2D eigenvalue weighted by Gasteiger charge is -2.34. The number of nitrogens with zero attached hydrogens (tertiary/aromatic N) is 5. The van der Waals surface area contributed by atoms with E-state index >= 15 is 0 Å². The minimum atomic E-state index is 0.567. The van der Waals surface area contributed by atoms with Crippen molar-refractivity contribution < 1.29 is 0 Å². The van der Waals surface area contributed by atoms with Crippen LogP contribution < -0.4 is 5.32 Å². The van der Waals surface area contributed by atoms with Gasteiger partial charge in [0.15, 0.2) is 0 Å². The zero-order chi connectivity index (χ0) is 17.5. The summed E-state index contributed by atoms with van der Waals surface area (Å²) in [6.45, 7) is 9.67. The number of hydrogen-bond acceptors (Lipinski definition) is 4. The Morgan fingerprint density at radius 1 is 1.12 bits per heavy atom. The van der Waals surface area contributed by atoms with Gasteiger partial charge in [0.1, 0.15) is 0 Å². The molecule has 1 saturated heterocycles. The highest BCUT2D eigenvalue weighted by Crippen LogP contribution is 2.20. The summed E-state index contributed by atoms with van der Waals surface area (Å²) in [7, 11) is 0. The molecule has 6 heteroatoms. The third kappa shape index (κ3) is 5.10. The molecule has 0 amide bonds. The lowest BCUT2D eigenvalue weighted by Crippen LogP contribution is -2.46. The number of azide groups is 1. The van der Waals surface area contributed by atoms with Gasteiger partial charge >= 0.3 is 0 Å². The van der Waals surface area contributed by atoms with Crippen LogP contribution in [0.2, 0.25) is 0 Å². The number of dihydropyridines is 1. The molecule has 6 nitrogen and oxygen atoms in total. The summed E-state index contributed by atoms with van der Waals surface area (Å²) in [5, 5.41) is 6.93. The van der Waals surface area contributed by atoms with Crippen LogP contribution in [0.4, 0.5) is 0 Å². The van der Waals surface area contributed by atoms with Crippen molar-refractivity contribution in [3.63, 3.8) is 0 Å². The van der Waals surface area contributed by atoms with Crippen LogP contribution in [0.3, 0.4) is 0 Å². The molecule has 0 spiro atoms. The second kappa shape index (κ2) is 8.72. The second-order valence-electron chi connectivity index (χ2n) is 6.71. The maximum Gasteiger partial charge on any atom is 0.0401 e. The summed E-state index contributed by atoms with van der Waals surface area (Å²) >= 11 is 0. The Morgan fingerprint density at radius 3 is 2.52 bits per heavy atom. The molecular weight excluding hydrogens is 312 g/mol. The van der Waals surface area contributed by atoms with Gasteiger partial charge in [-0.1, -0.05) is 35.5 Å². The normalized spacial score (nSPS) is 18.8. The van der Waals surface area contributed by atoms with Crippen molar-refractivity contribution in [1.29, 1.82) is 0 Å². The molecule has 1 aromatic rings. The molecule has 0 bridgehead atoms. The Labute approximate surface area is 149 Å². The van der Waals surface area contributed by atoms with E-state index in [0.29, 0.717) is 6.54 Å². The van der Waals surface area contributed by atoms with Crippen LogP contribution in [0, 0.1) is 0 Å². The highest BCUT2D eigenvalue weighted by atomic mass is 15.3. The highest BCUT2D eigenvalue weighted by molar-refractivity contribution is 5.70. The Bertz CT molecular complexity index is 676. The third-order valence-corrected chi connectivity index (χ3v) is 4.80. The van der Waals surface area contributed by atoms with Crippen LogP contribution in [0.5, 0.6) is 0 Å². The van der Waals surface area contributed by atoms with Crippen molar-refractivity contribution in [2.75, 3.05) is 45.8 Å². The van der Waals surface area contributed by atoms with Crippen molar-refractivity contribution in [2.45, 2.75) is 13.5 Å². The van der Waals surface area contributed by atoms with Crippen molar-refractivity contribution >= 4 is 5.57 Å². The Kier molecular flexibility index (Phi) is 6.12. The zero-order valence-corrected chi connectivity index (χ0v) is 14.9. The van der Waals surface area contributed by atoms with Gasteiger partial charge in [0.2, 0.25) is 0 Å². The molecule has 0 atom stereocenters. The van der Waals surface area contributed by atoms with E-state index in [9.17, 15) is 0 Å². The predicted molar refractivity (Wildman–Crippen MR) is 102 cm³/mol. The van der Waals surface area contributed by atoms with Crippen LogP contribution in [-0.2, 0) is 6.54 Å². The number of benzene rings is 1. The standard InChI is InChI=1S/C19H26N6/c1-16-12-19(14-21-13-16)18-4-2-17(3-5-18)15-25-10-8-24(9-11-25)7-6-22-23-20/h2-5,12-13,21H,6-11,14-15H2,1H3. The lowest BCUT2D eigenvalue weighted by atomic mass is 10.00. The van der Waals surface area contributed by atoms with Crippen LogP contribution in [-0.4, -0.2) is 55.6 Å². The van der Waals surface area contributed by atoms with Gasteiger partial charge in [-0.25, -0.2) is 0 Å². The van der Waals surface area contributed by atoms with Crippen LogP contribution in [0.1, 0.15) is 18.1 Å². The number of nitrogens with one attached hydrogen (secondary N) is 1. The average molecular weight is 338 g/mol. The molecule has 1 aromatic carbocycles. The van der Waals surface area contributed by atoms with Gasteiger partial charge in [-0.05, 0) is 40.9 Å². The fraction of sp³-hybridized carbons (Fsp3) is 0.474. The number of hydrogen-bond donors (Lipinski definition) is 1. The van der Waals surface area contributed by atoms with E-state index < -0.39 is 0 Å². The highest BCUT2D eigenvalue weighted by Gasteiger charge is 2.16. The molecular formula is C19H26N6. The van der Waals surface area contributed by atoms with Crippen molar-refractivity contribution in [2.24, 2.45) is 5.11 Å². The van der Waals surface area contributed by atoms with E-state index in [4.69, 9.17) is 5.53 Å². The SMILES string of the molecule is CC1=CNCC(c2ccc(CN3CCN(CCN=[N+]=[N-])CC3)cc2)=C1. The van der Waals surface area contributed by atoms with E-state index in [1.807, 2.05) is 0 Å². The molecule has 2 aliphatic rings. The smallest absolute Gasteiger partial charge is 0.0401 e. The first kappa shape index (κ1) is 17.5. The quantitative estimate of drug-likeness (QED) is 0.492. The summed E-state index contributed by atoms with van der Waals surface area (Å²) in [5.41, 5.74) is 13.6. The molecule has 0 aromatic heterocycles. The van der Waals surface area contributed by atoms with E-state index in [1.165, 1.54) is 22.3 Å². The number of rotatable bonds is 6. The molecule has 3 rings (SSSR count). The molecule has 0 unspecified atom stereocenters. The molecule has 1 fully saturated rings. The summed E-state index contributed by atoms with van der Waals surface area (Å²) in [6, 6.07) is 8.96. The Morgan fingerprint density at radius 2 is 1.84 bits per heavy atom.